The lowest BCUT2D eigenvalue weighted by atomic mass is 10.0. The summed E-state index contributed by atoms with van der Waals surface area (Å²) in [5.74, 6) is -3.05. The number of carbonyl (C=O) groups excluding carboxylic acids is 2. The van der Waals surface area contributed by atoms with Gasteiger partial charge in [-0.05, 0) is 30.3 Å². The Morgan fingerprint density at radius 1 is 1.22 bits per heavy atom. The normalized spacial score (nSPS) is 11.7. The number of amides is 1. The molecule has 0 saturated carbocycles. The molecule has 7 heteroatoms. The van der Waals surface area contributed by atoms with Gasteiger partial charge in [0.05, 0.1) is 7.11 Å². The molecule has 23 heavy (non-hydrogen) atoms. The first-order chi connectivity index (χ1) is 11.0. The maximum absolute atomic E-state index is 14.0. The number of hydrogen-bond donors (Lipinski definition) is 0. The van der Waals surface area contributed by atoms with Gasteiger partial charge in [0, 0.05) is 18.8 Å². The molecule has 1 atom stereocenters. The lowest BCUT2D eigenvalue weighted by molar-refractivity contribution is -0.146. The third-order valence-electron chi connectivity index (χ3n) is 3.27. The second-order valence-corrected chi connectivity index (χ2v) is 4.72. The standard InChI is InChI=1S/C16H14F2N2O3/c1-20(15(21)13-5-3-4-8-19-13)14(16(22)23-2)11-9-10(17)6-7-12(11)18/h3-9,14H,1-2H3/t14-/m1/s1. The Morgan fingerprint density at radius 2 is 1.96 bits per heavy atom. The molecule has 5 nitrogen and oxygen atoms in total. The van der Waals surface area contributed by atoms with E-state index in [1.54, 1.807) is 12.1 Å². The average molecular weight is 320 g/mol. The molecule has 0 saturated heterocycles. The van der Waals surface area contributed by atoms with Crippen LogP contribution in [-0.2, 0) is 9.53 Å². The minimum absolute atomic E-state index is 0.0701. The van der Waals surface area contributed by atoms with Crippen LogP contribution in [0.3, 0.4) is 0 Å². The van der Waals surface area contributed by atoms with E-state index >= 15 is 0 Å². The molecule has 1 aromatic carbocycles. The zero-order valence-corrected chi connectivity index (χ0v) is 12.5. The molecule has 0 aliphatic rings. The highest BCUT2D eigenvalue weighted by molar-refractivity contribution is 5.95. The number of likely N-dealkylation sites (N-methyl/N-ethyl adjacent to an activating group) is 1. The smallest absolute Gasteiger partial charge is 0.333 e. The lowest BCUT2D eigenvalue weighted by Crippen LogP contribution is -2.37. The number of benzene rings is 1. The molecule has 0 fully saturated rings. The molecule has 2 rings (SSSR count). The number of rotatable bonds is 4. The van der Waals surface area contributed by atoms with Gasteiger partial charge in [-0.15, -0.1) is 0 Å². The van der Waals surface area contributed by atoms with Gasteiger partial charge in [-0.25, -0.2) is 13.6 Å². The SMILES string of the molecule is COC(=O)[C@@H](c1cc(F)ccc1F)N(C)C(=O)c1ccccn1. The molecule has 0 aliphatic carbocycles. The number of nitrogens with zero attached hydrogens (tertiary/aromatic N) is 2. The van der Waals surface area contributed by atoms with Crippen LogP contribution in [0.1, 0.15) is 22.1 Å². The van der Waals surface area contributed by atoms with Crippen molar-refractivity contribution in [2.75, 3.05) is 14.2 Å². The van der Waals surface area contributed by atoms with Gasteiger partial charge in [0.1, 0.15) is 17.3 Å². The molecule has 1 amide bonds. The predicted octanol–water partition coefficient (Wildman–Crippen LogP) is 2.35. The average Bonchev–Trinajstić information content (AvgIpc) is 2.57. The quantitative estimate of drug-likeness (QED) is 0.811. The summed E-state index contributed by atoms with van der Waals surface area (Å²) < 4.78 is 32.1. The minimum Gasteiger partial charge on any atom is -0.467 e. The topological polar surface area (TPSA) is 59.5 Å². The molecule has 1 heterocycles. The van der Waals surface area contributed by atoms with E-state index in [-0.39, 0.29) is 11.3 Å². The summed E-state index contributed by atoms with van der Waals surface area (Å²) in [5, 5.41) is 0. The molecule has 0 aliphatic heterocycles. The lowest BCUT2D eigenvalue weighted by Gasteiger charge is -2.26. The molecule has 120 valence electrons. The number of carbonyl (C=O) groups is 2. The van der Waals surface area contributed by atoms with Crippen LogP contribution in [0.25, 0.3) is 0 Å². The van der Waals surface area contributed by atoms with E-state index in [1.807, 2.05) is 0 Å². The maximum Gasteiger partial charge on any atom is 0.333 e. The van der Waals surface area contributed by atoms with Gasteiger partial charge in [-0.2, -0.15) is 0 Å². The molecular formula is C16H14F2N2O3. The van der Waals surface area contributed by atoms with Crippen molar-refractivity contribution in [2.45, 2.75) is 6.04 Å². The van der Waals surface area contributed by atoms with Gasteiger partial charge in [-0.3, -0.25) is 9.78 Å². The van der Waals surface area contributed by atoms with Crippen LogP contribution >= 0.6 is 0 Å². The van der Waals surface area contributed by atoms with Crippen LogP contribution in [0.2, 0.25) is 0 Å². The second kappa shape index (κ2) is 6.95. The number of pyridine rings is 1. The van der Waals surface area contributed by atoms with Crippen molar-refractivity contribution in [1.29, 1.82) is 0 Å². The van der Waals surface area contributed by atoms with Crippen LogP contribution in [0.4, 0.5) is 8.78 Å². The van der Waals surface area contributed by atoms with Crippen molar-refractivity contribution < 1.29 is 23.1 Å². The predicted molar refractivity (Wildman–Crippen MR) is 77.4 cm³/mol. The Hall–Kier alpha value is -2.83. The zero-order chi connectivity index (χ0) is 17.0. The Kier molecular flexibility index (Phi) is 5.00. The first-order valence-corrected chi connectivity index (χ1v) is 6.66. The highest BCUT2D eigenvalue weighted by Gasteiger charge is 2.33. The van der Waals surface area contributed by atoms with E-state index in [9.17, 15) is 18.4 Å². The summed E-state index contributed by atoms with van der Waals surface area (Å²) in [5.41, 5.74) is -0.218. The fourth-order valence-corrected chi connectivity index (χ4v) is 2.12. The molecule has 0 unspecified atom stereocenters. The van der Waals surface area contributed by atoms with Crippen LogP contribution in [-0.4, -0.2) is 35.9 Å². The van der Waals surface area contributed by atoms with Crippen LogP contribution in [0.15, 0.2) is 42.6 Å². The third-order valence-corrected chi connectivity index (χ3v) is 3.27. The molecule has 0 spiro atoms. The summed E-state index contributed by atoms with van der Waals surface area (Å²) >= 11 is 0. The number of ether oxygens (including phenoxy) is 1. The van der Waals surface area contributed by atoms with Crippen LogP contribution < -0.4 is 0 Å². The molecular weight excluding hydrogens is 306 g/mol. The van der Waals surface area contributed by atoms with Crippen molar-refractivity contribution in [3.63, 3.8) is 0 Å². The zero-order valence-electron chi connectivity index (χ0n) is 12.5. The van der Waals surface area contributed by atoms with Crippen molar-refractivity contribution >= 4 is 11.9 Å². The Bertz CT molecular complexity index is 723. The third kappa shape index (κ3) is 3.50. The van der Waals surface area contributed by atoms with Crippen LogP contribution in [0, 0.1) is 11.6 Å². The van der Waals surface area contributed by atoms with Crippen LogP contribution in [0.5, 0.6) is 0 Å². The van der Waals surface area contributed by atoms with Gasteiger partial charge in [0.15, 0.2) is 6.04 Å². The van der Waals surface area contributed by atoms with E-state index in [1.165, 1.54) is 19.3 Å². The maximum atomic E-state index is 14.0. The van der Waals surface area contributed by atoms with E-state index in [0.29, 0.717) is 0 Å². The molecule has 0 radical (unpaired) electrons. The molecule has 2 aromatic rings. The van der Waals surface area contributed by atoms with E-state index < -0.39 is 29.6 Å². The summed E-state index contributed by atoms with van der Waals surface area (Å²) in [6.07, 6.45) is 1.41. The Morgan fingerprint density at radius 3 is 2.57 bits per heavy atom. The number of halogens is 2. The van der Waals surface area contributed by atoms with Gasteiger partial charge in [0.25, 0.3) is 5.91 Å². The highest BCUT2D eigenvalue weighted by Crippen LogP contribution is 2.25. The summed E-state index contributed by atoms with van der Waals surface area (Å²) in [6, 6.07) is 5.93. The first-order valence-electron chi connectivity index (χ1n) is 6.66. The number of hydrogen-bond acceptors (Lipinski definition) is 4. The largest absolute Gasteiger partial charge is 0.467 e. The van der Waals surface area contributed by atoms with Gasteiger partial charge in [-0.1, -0.05) is 6.07 Å². The fourth-order valence-electron chi connectivity index (χ4n) is 2.12. The summed E-state index contributed by atoms with van der Waals surface area (Å²) in [4.78, 5) is 29.3. The van der Waals surface area contributed by atoms with Gasteiger partial charge < -0.3 is 9.64 Å². The Balaban J connectivity index is 2.45. The first kappa shape index (κ1) is 16.5. The number of methoxy groups -OCH3 is 1. The fraction of sp³-hybridized carbons (Fsp3) is 0.188. The minimum atomic E-state index is -1.43. The molecule has 1 aromatic heterocycles. The van der Waals surface area contributed by atoms with E-state index in [4.69, 9.17) is 0 Å². The van der Waals surface area contributed by atoms with Crippen molar-refractivity contribution in [1.82, 2.24) is 9.88 Å². The van der Waals surface area contributed by atoms with E-state index in [0.717, 1.165) is 30.2 Å². The number of esters is 1. The second-order valence-electron chi connectivity index (χ2n) is 4.72. The van der Waals surface area contributed by atoms with Gasteiger partial charge in [0.2, 0.25) is 0 Å². The van der Waals surface area contributed by atoms with E-state index in [2.05, 4.69) is 9.72 Å². The number of aromatic nitrogens is 1. The summed E-state index contributed by atoms with van der Waals surface area (Å²) in [7, 11) is 2.40. The molecule has 0 N–H and O–H groups in total. The molecule has 0 bridgehead atoms. The monoisotopic (exact) mass is 320 g/mol. The van der Waals surface area contributed by atoms with Gasteiger partial charge >= 0.3 is 5.97 Å². The van der Waals surface area contributed by atoms with Crippen molar-refractivity contribution in [3.05, 3.63) is 65.5 Å². The highest BCUT2D eigenvalue weighted by atomic mass is 19.1. The summed E-state index contributed by atoms with van der Waals surface area (Å²) in [6.45, 7) is 0. The van der Waals surface area contributed by atoms with Crippen molar-refractivity contribution in [3.8, 4) is 0 Å². The van der Waals surface area contributed by atoms with Crippen molar-refractivity contribution in [2.24, 2.45) is 0 Å². The Labute approximate surface area is 131 Å².